The van der Waals surface area contributed by atoms with Crippen molar-refractivity contribution in [3.8, 4) is 0 Å². The molecule has 2 atom stereocenters. The zero-order valence-electron chi connectivity index (χ0n) is 14.8. The Morgan fingerprint density at radius 1 is 1.08 bits per heavy atom. The molecule has 2 aromatic rings. The average molecular weight is 357 g/mol. The maximum atomic E-state index is 13.6. The van der Waals surface area contributed by atoms with Gasteiger partial charge in [0.25, 0.3) is 0 Å². The summed E-state index contributed by atoms with van der Waals surface area (Å²) >= 11 is 0. The molecule has 0 saturated carbocycles. The molecule has 1 amide bonds. The van der Waals surface area contributed by atoms with Crippen LogP contribution in [0.25, 0.3) is 0 Å². The van der Waals surface area contributed by atoms with E-state index in [1.165, 1.54) is 6.07 Å². The van der Waals surface area contributed by atoms with E-state index in [-0.39, 0.29) is 24.2 Å². The second-order valence-corrected chi connectivity index (χ2v) is 6.50. The van der Waals surface area contributed by atoms with Crippen molar-refractivity contribution in [2.24, 2.45) is 11.8 Å². The first kappa shape index (κ1) is 19.6. The first-order valence-corrected chi connectivity index (χ1v) is 8.75. The van der Waals surface area contributed by atoms with Crippen LogP contribution in [0.3, 0.4) is 0 Å². The molecule has 2 unspecified atom stereocenters. The third-order valence-corrected chi connectivity index (χ3v) is 4.45. The second kappa shape index (κ2) is 9.70. The summed E-state index contributed by atoms with van der Waals surface area (Å²) in [5.74, 6) is -2.41. The summed E-state index contributed by atoms with van der Waals surface area (Å²) < 4.78 is 13.6. The number of aryl methyl sites for hydroxylation is 1. The van der Waals surface area contributed by atoms with Crippen molar-refractivity contribution in [2.75, 3.05) is 6.54 Å². The summed E-state index contributed by atoms with van der Waals surface area (Å²) in [5, 5.41) is 12.1. The molecule has 0 aliphatic rings. The van der Waals surface area contributed by atoms with Gasteiger partial charge in [0.2, 0.25) is 5.91 Å². The summed E-state index contributed by atoms with van der Waals surface area (Å²) in [5.41, 5.74) is 1.50. The molecule has 0 aliphatic carbocycles. The Balaban J connectivity index is 1.83. The number of benzene rings is 2. The van der Waals surface area contributed by atoms with Crippen LogP contribution in [-0.2, 0) is 22.4 Å². The summed E-state index contributed by atoms with van der Waals surface area (Å²) in [4.78, 5) is 23.7. The average Bonchev–Trinajstić information content (AvgIpc) is 2.64. The van der Waals surface area contributed by atoms with Gasteiger partial charge in [-0.05, 0) is 36.5 Å². The molecule has 2 rings (SSSR count). The zero-order valence-corrected chi connectivity index (χ0v) is 14.8. The summed E-state index contributed by atoms with van der Waals surface area (Å²) in [6.45, 7) is 1.84. The number of nitrogens with one attached hydrogen (secondary N) is 1. The van der Waals surface area contributed by atoms with E-state index in [0.29, 0.717) is 24.8 Å². The zero-order chi connectivity index (χ0) is 18.9. The van der Waals surface area contributed by atoms with Gasteiger partial charge in [0.1, 0.15) is 5.82 Å². The highest BCUT2D eigenvalue weighted by Crippen LogP contribution is 2.14. The van der Waals surface area contributed by atoms with Gasteiger partial charge in [0.05, 0.1) is 5.92 Å². The number of halogens is 1. The number of rotatable bonds is 9. The van der Waals surface area contributed by atoms with Gasteiger partial charge in [-0.25, -0.2) is 4.39 Å². The van der Waals surface area contributed by atoms with Gasteiger partial charge >= 0.3 is 5.97 Å². The first-order valence-electron chi connectivity index (χ1n) is 8.75. The van der Waals surface area contributed by atoms with Crippen LogP contribution >= 0.6 is 0 Å². The minimum Gasteiger partial charge on any atom is -0.481 e. The molecule has 0 aromatic heterocycles. The Hall–Kier alpha value is -2.69. The van der Waals surface area contributed by atoms with Crippen molar-refractivity contribution in [3.05, 3.63) is 71.5 Å². The Morgan fingerprint density at radius 3 is 2.38 bits per heavy atom. The predicted octanol–water partition coefficient (Wildman–Crippen LogP) is 3.45. The van der Waals surface area contributed by atoms with E-state index in [4.69, 9.17) is 0 Å². The highest BCUT2D eigenvalue weighted by Gasteiger charge is 2.21. The SMILES string of the molecule is CC(CCc1ccccc1F)C(=O)NCC(Cc1ccccc1)C(=O)O. The highest BCUT2D eigenvalue weighted by atomic mass is 19.1. The lowest BCUT2D eigenvalue weighted by atomic mass is 9.97. The number of carbonyl (C=O) groups excluding carboxylic acids is 1. The third kappa shape index (κ3) is 5.99. The molecule has 0 bridgehead atoms. The molecule has 0 spiro atoms. The normalized spacial score (nSPS) is 13.0. The van der Waals surface area contributed by atoms with Crippen molar-refractivity contribution in [1.29, 1.82) is 0 Å². The van der Waals surface area contributed by atoms with E-state index in [0.717, 1.165) is 5.56 Å². The molecular formula is C21H24FNO3. The number of carbonyl (C=O) groups is 2. The number of aliphatic carboxylic acids is 1. The number of hydrogen-bond acceptors (Lipinski definition) is 2. The van der Waals surface area contributed by atoms with Gasteiger partial charge in [0.15, 0.2) is 0 Å². The summed E-state index contributed by atoms with van der Waals surface area (Å²) in [6.07, 6.45) is 1.33. The number of amides is 1. The van der Waals surface area contributed by atoms with Gasteiger partial charge in [-0.15, -0.1) is 0 Å². The first-order chi connectivity index (χ1) is 12.5. The highest BCUT2D eigenvalue weighted by molar-refractivity contribution is 5.79. The number of hydrogen-bond donors (Lipinski definition) is 2. The van der Waals surface area contributed by atoms with Crippen molar-refractivity contribution < 1.29 is 19.1 Å². The van der Waals surface area contributed by atoms with Crippen LogP contribution in [0, 0.1) is 17.7 Å². The van der Waals surface area contributed by atoms with E-state index in [9.17, 15) is 19.1 Å². The van der Waals surface area contributed by atoms with E-state index in [2.05, 4.69) is 5.32 Å². The molecule has 2 N–H and O–H groups in total. The fourth-order valence-electron chi connectivity index (χ4n) is 2.75. The maximum Gasteiger partial charge on any atom is 0.308 e. The lowest BCUT2D eigenvalue weighted by molar-refractivity contribution is -0.141. The maximum absolute atomic E-state index is 13.6. The molecule has 138 valence electrons. The minimum atomic E-state index is -0.937. The fourth-order valence-corrected chi connectivity index (χ4v) is 2.75. The van der Waals surface area contributed by atoms with Crippen molar-refractivity contribution in [1.82, 2.24) is 5.32 Å². The number of carboxylic acids is 1. The topological polar surface area (TPSA) is 66.4 Å². The van der Waals surface area contributed by atoms with Gasteiger partial charge in [-0.1, -0.05) is 55.5 Å². The largest absolute Gasteiger partial charge is 0.481 e. The molecule has 0 heterocycles. The van der Waals surface area contributed by atoms with Crippen molar-refractivity contribution in [3.63, 3.8) is 0 Å². The lowest BCUT2D eigenvalue weighted by Gasteiger charge is -2.16. The Bertz CT molecular complexity index is 733. The lowest BCUT2D eigenvalue weighted by Crippen LogP contribution is -2.37. The quantitative estimate of drug-likeness (QED) is 0.722. The van der Waals surface area contributed by atoms with Gasteiger partial charge in [-0.2, -0.15) is 0 Å². The molecule has 26 heavy (non-hydrogen) atoms. The monoisotopic (exact) mass is 357 g/mol. The predicted molar refractivity (Wildman–Crippen MR) is 98.2 cm³/mol. The standard InChI is InChI=1S/C21H24FNO3/c1-15(11-12-17-9-5-6-10-19(17)22)20(24)23-14-18(21(25)26)13-16-7-3-2-4-8-16/h2-10,15,18H,11-14H2,1H3,(H,23,24)(H,25,26). The second-order valence-electron chi connectivity index (χ2n) is 6.50. The van der Waals surface area contributed by atoms with Gasteiger partial charge < -0.3 is 10.4 Å². The van der Waals surface area contributed by atoms with Gasteiger partial charge in [-0.3, -0.25) is 9.59 Å². The van der Waals surface area contributed by atoms with Crippen LogP contribution in [-0.4, -0.2) is 23.5 Å². The molecule has 4 nitrogen and oxygen atoms in total. The molecule has 2 aromatic carbocycles. The molecule has 0 fully saturated rings. The Morgan fingerprint density at radius 2 is 1.73 bits per heavy atom. The Kier molecular flexibility index (Phi) is 7.33. The van der Waals surface area contributed by atoms with Crippen LogP contribution in [0.2, 0.25) is 0 Å². The summed E-state index contributed by atoms with van der Waals surface area (Å²) in [6, 6.07) is 15.8. The molecule has 0 saturated heterocycles. The Labute approximate surface area is 153 Å². The molecule has 0 aliphatic heterocycles. The van der Waals surface area contributed by atoms with E-state index >= 15 is 0 Å². The van der Waals surface area contributed by atoms with Crippen LogP contribution in [0.15, 0.2) is 54.6 Å². The molecule has 5 heteroatoms. The number of carboxylic acid groups (broad SMARTS) is 1. The minimum absolute atomic E-state index is 0.0765. The van der Waals surface area contributed by atoms with Crippen LogP contribution in [0.5, 0.6) is 0 Å². The van der Waals surface area contributed by atoms with Crippen molar-refractivity contribution >= 4 is 11.9 Å². The van der Waals surface area contributed by atoms with Crippen LogP contribution < -0.4 is 5.32 Å². The van der Waals surface area contributed by atoms with Crippen molar-refractivity contribution in [2.45, 2.75) is 26.2 Å². The summed E-state index contributed by atoms with van der Waals surface area (Å²) in [7, 11) is 0. The third-order valence-electron chi connectivity index (χ3n) is 4.45. The van der Waals surface area contributed by atoms with E-state index in [1.807, 2.05) is 30.3 Å². The molecule has 0 radical (unpaired) electrons. The van der Waals surface area contributed by atoms with Gasteiger partial charge in [0, 0.05) is 12.5 Å². The smallest absolute Gasteiger partial charge is 0.308 e. The van der Waals surface area contributed by atoms with Crippen LogP contribution in [0.4, 0.5) is 4.39 Å². The van der Waals surface area contributed by atoms with E-state index in [1.54, 1.807) is 25.1 Å². The van der Waals surface area contributed by atoms with Crippen LogP contribution in [0.1, 0.15) is 24.5 Å². The van der Waals surface area contributed by atoms with E-state index < -0.39 is 11.9 Å². The molecular weight excluding hydrogens is 333 g/mol. The fraction of sp³-hybridized carbons (Fsp3) is 0.333.